The summed E-state index contributed by atoms with van der Waals surface area (Å²) in [7, 11) is 0. The molecule has 7 aromatic carbocycles. The lowest BCUT2D eigenvalue weighted by molar-refractivity contribution is 0.443. The third-order valence-electron chi connectivity index (χ3n) is 14.9. The lowest BCUT2D eigenvalue weighted by atomic mass is 9.77. The molecule has 0 saturated heterocycles. The monoisotopic (exact) mass is 751 g/mol. The highest BCUT2D eigenvalue weighted by Crippen LogP contribution is 2.58. The first-order chi connectivity index (χ1) is 28.0. The lowest BCUT2D eigenvalue weighted by Gasteiger charge is -2.30. The van der Waals surface area contributed by atoms with Gasteiger partial charge in [0.2, 0.25) is 0 Å². The normalized spacial score (nSPS) is 17.5. The van der Waals surface area contributed by atoms with E-state index in [0.29, 0.717) is 5.92 Å². The van der Waals surface area contributed by atoms with Crippen LogP contribution in [0.4, 0.5) is 17.1 Å². The van der Waals surface area contributed by atoms with Crippen LogP contribution in [0.25, 0.3) is 44.5 Å². The minimum Gasteiger partial charge on any atom is -0.310 e. The highest BCUT2D eigenvalue weighted by atomic mass is 15.1. The van der Waals surface area contributed by atoms with Crippen molar-refractivity contribution in [3.8, 4) is 44.5 Å². The Balaban J connectivity index is 1.06. The lowest BCUT2D eigenvalue weighted by Crippen LogP contribution is -2.18. The van der Waals surface area contributed by atoms with Crippen LogP contribution in [0.5, 0.6) is 0 Å². The highest BCUT2D eigenvalue weighted by Gasteiger charge is 2.41. The van der Waals surface area contributed by atoms with Crippen molar-refractivity contribution in [3.63, 3.8) is 0 Å². The first-order valence-corrected chi connectivity index (χ1v) is 21.7. The zero-order valence-corrected chi connectivity index (χ0v) is 34.9. The predicted molar refractivity (Wildman–Crippen MR) is 245 cm³/mol. The molecule has 1 fully saturated rings. The van der Waals surface area contributed by atoms with Crippen LogP contribution in [0.2, 0.25) is 0 Å². The van der Waals surface area contributed by atoms with Gasteiger partial charge in [-0.25, -0.2) is 0 Å². The van der Waals surface area contributed by atoms with Gasteiger partial charge in [0.15, 0.2) is 0 Å². The SMILES string of the molecule is CC1(C)c2ccccc2-c2ccc(N(c3ccc(C4CCCCC4)cc3)c3ccc4c(c3)C(C)(C)c3cccc(-c5cccc6c5C(C)(C)c5ccccc5-6)c3-4)cc21. The Morgan fingerprint density at radius 2 is 0.845 bits per heavy atom. The van der Waals surface area contributed by atoms with Crippen molar-refractivity contribution in [2.24, 2.45) is 0 Å². The van der Waals surface area contributed by atoms with Crippen LogP contribution >= 0.6 is 0 Å². The maximum absolute atomic E-state index is 2.52. The molecule has 0 radical (unpaired) electrons. The summed E-state index contributed by atoms with van der Waals surface area (Å²) in [6.07, 6.45) is 6.68. The first-order valence-electron chi connectivity index (χ1n) is 21.7. The molecular formula is C57H53N. The summed E-state index contributed by atoms with van der Waals surface area (Å²) in [5.74, 6) is 0.676. The van der Waals surface area contributed by atoms with Crippen LogP contribution in [0.15, 0.2) is 146 Å². The number of benzene rings is 7. The summed E-state index contributed by atoms with van der Waals surface area (Å²) in [5, 5.41) is 0. The van der Waals surface area contributed by atoms with Gasteiger partial charge in [-0.3, -0.25) is 0 Å². The highest BCUT2D eigenvalue weighted by molar-refractivity contribution is 5.98. The maximum Gasteiger partial charge on any atom is 0.0465 e. The largest absolute Gasteiger partial charge is 0.310 e. The molecule has 1 heteroatoms. The van der Waals surface area contributed by atoms with Crippen LogP contribution < -0.4 is 4.90 Å². The van der Waals surface area contributed by atoms with Gasteiger partial charge in [-0.2, -0.15) is 0 Å². The molecule has 1 saturated carbocycles. The van der Waals surface area contributed by atoms with E-state index in [-0.39, 0.29) is 16.2 Å². The summed E-state index contributed by atoms with van der Waals surface area (Å²) in [5.41, 5.74) is 24.1. The van der Waals surface area contributed by atoms with Gasteiger partial charge in [0.1, 0.15) is 0 Å². The fraction of sp³-hybridized carbons (Fsp3) is 0.263. The smallest absolute Gasteiger partial charge is 0.0465 e. The third-order valence-corrected chi connectivity index (χ3v) is 14.9. The van der Waals surface area contributed by atoms with E-state index in [0.717, 1.165) is 0 Å². The second-order valence-corrected chi connectivity index (χ2v) is 19.1. The minimum absolute atomic E-state index is 0.0794. The van der Waals surface area contributed by atoms with Crippen LogP contribution in [0.1, 0.15) is 119 Å². The molecule has 4 aliphatic carbocycles. The first kappa shape index (κ1) is 35.5. The van der Waals surface area contributed by atoms with Crippen LogP contribution in [0, 0.1) is 0 Å². The summed E-state index contributed by atoms with van der Waals surface area (Å²) in [6.45, 7) is 14.4. The van der Waals surface area contributed by atoms with Crippen LogP contribution in [-0.4, -0.2) is 0 Å². The van der Waals surface area contributed by atoms with E-state index in [9.17, 15) is 0 Å². The molecule has 0 N–H and O–H groups in total. The quantitative estimate of drug-likeness (QED) is 0.169. The average Bonchev–Trinajstić information content (AvgIpc) is 3.74. The number of hydrogen-bond donors (Lipinski definition) is 0. The zero-order valence-electron chi connectivity index (χ0n) is 34.9. The van der Waals surface area contributed by atoms with Gasteiger partial charge in [-0.15, -0.1) is 0 Å². The summed E-state index contributed by atoms with van der Waals surface area (Å²) in [6, 6.07) is 56.1. The fourth-order valence-corrected chi connectivity index (χ4v) is 11.8. The summed E-state index contributed by atoms with van der Waals surface area (Å²) in [4.78, 5) is 2.52. The Morgan fingerprint density at radius 1 is 0.379 bits per heavy atom. The van der Waals surface area contributed by atoms with Crippen LogP contribution in [-0.2, 0) is 16.2 Å². The van der Waals surface area contributed by atoms with Crippen molar-refractivity contribution in [1.82, 2.24) is 0 Å². The Labute approximate surface area is 345 Å². The number of hydrogen-bond acceptors (Lipinski definition) is 1. The molecule has 1 nitrogen and oxygen atoms in total. The zero-order chi connectivity index (χ0) is 39.6. The van der Waals surface area contributed by atoms with E-state index in [2.05, 4.69) is 192 Å². The van der Waals surface area contributed by atoms with Gasteiger partial charge in [-0.05, 0) is 139 Å². The van der Waals surface area contributed by atoms with Crippen molar-refractivity contribution >= 4 is 17.1 Å². The van der Waals surface area contributed by atoms with E-state index in [1.807, 2.05) is 0 Å². The average molecular weight is 752 g/mol. The minimum atomic E-state index is -0.175. The van der Waals surface area contributed by atoms with E-state index in [1.165, 1.54) is 133 Å². The second-order valence-electron chi connectivity index (χ2n) is 19.1. The molecule has 4 aliphatic rings. The van der Waals surface area contributed by atoms with Crippen molar-refractivity contribution in [1.29, 1.82) is 0 Å². The maximum atomic E-state index is 2.52. The number of anilines is 3. The number of fused-ring (bicyclic) bond motifs is 9. The predicted octanol–water partition coefficient (Wildman–Crippen LogP) is 15.8. The molecule has 0 atom stereocenters. The van der Waals surface area contributed by atoms with Gasteiger partial charge in [0, 0.05) is 33.3 Å². The standard InChI is InChI=1S/C57H53N/c1-55(2)48-23-12-10-18-41(48)43-32-30-39(34-51(43)55)58(38-28-26-37(27-29-38)36-16-8-7-9-17-36)40-31-33-47-52(35-40)56(3,4)50-25-15-20-44(53(47)50)46-22-14-21-45-42-19-11-13-24-49(42)57(5,6)54(45)46/h10-15,18-36H,7-9,16-17H2,1-6H3. The molecule has 0 amide bonds. The molecular weight excluding hydrogens is 699 g/mol. The molecule has 0 heterocycles. The van der Waals surface area contributed by atoms with Crippen molar-refractivity contribution in [2.45, 2.75) is 95.8 Å². The fourth-order valence-electron chi connectivity index (χ4n) is 11.8. The Morgan fingerprint density at radius 3 is 1.53 bits per heavy atom. The van der Waals surface area contributed by atoms with E-state index in [1.54, 1.807) is 0 Å². The molecule has 7 aromatic rings. The third kappa shape index (κ3) is 5.01. The van der Waals surface area contributed by atoms with Gasteiger partial charge in [0.05, 0.1) is 0 Å². The molecule has 58 heavy (non-hydrogen) atoms. The topological polar surface area (TPSA) is 3.24 Å². The molecule has 0 aliphatic heterocycles. The summed E-state index contributed by atoms with van der Waals surface area (Å²) < 4.78 is 0. The Kier molecular flexibility index (Phi) is 7.75. The molecule has 0 unspecified atom stereocenters. The Bertz CT molecular complexity index is 2790. The van der Waals surface area contributed by atoms with Crippen LogP contribution in [0.3, 0.4) is 0 Å². The molecule has 0 aromatic heterocycles. The van der Waals surface area contributed by atoms with Gasteiger partial charge < -0.3 is 4.90 Å². The van der Waals surface area contributed by atoms with Gasteiger partial charge >= 0.3 is 0 Å². The van der Waals surface area contributed by atoms with Crippen molar-refractivity contribution in [2.75, 3.05) is 4.90 Å². The van der Waals surface area contributed by atoms with Crippen molar-refractivity contribution in [3.05, 3.63) is 185 Å². The van der Waals surface area contributed by atoms with E-state index < -0.39 is 0 Å². The van der Waals surface area contributed by atoms with Gasteiger partial charge in [0.25, 0.3) is 0 Å². The molecule has 0 spiro atoms. The molecule has 286 valence electrons. The molecule has 11 rings (SSSR count). The van der Waals surface area contributed by atoms with E-state index in [4.69, 9.17) is 0 Å². The number of rotatable bonds is 5. The van der Waals surface area contributed by atoms with Crippen molar-refractivity contribution < 1.29 is 0 Å². The number of nitrogens with zero attached hydrogens (tertiary/aromatic N) is 1. The van der Waals surface area contributed by atoms with Gasteiger partial charge in [-0.1, -0.05) is 170 Å². The molecule has 0 bridgehead atoms. The summed E-state index contributed by atoms with van der Waals surface area (Å²) >= 11 is 0. The van der Waals surface area contributed by atoms with E-state index >= 15 is 0 Å². The Hall–Kier alpha value is -5.66. The second kappa shape index (κ2) is 12.7.